The number of nitrogens with one attached hydrogen (secondary N) is 1. The van der Waals surface area contributed by atoms with Crippen LogP contribution in [0, 0.1) is 5.92 Å². The maximum absolute atomic E-state index is 11.6. The lowest BCUT2D eigenvalue weighted by atomic mass is 9.89. The first-order valence-corrected chi connectivity index (χ1v) is 5.20. The van der Waals surface area contributed by atoms with Gasteiger partial charge in [-0.3, -0.25) is 4.79 Å². The standard InChI is InChI=1S/C12H13NO3/c1-7-6-13-11(14)10(7)8-2-4-9(5-3-8)12(15)16/h2-5,7,10H,6H2,1H3,(H,13,14)(H,15,16)/t7?,10-/m1/s1. The smallest absolute Gasteiger partial charge is 0.335 e. The molecule has 0 radical (unpaired) electrons. The molecule has 1 aliphatic heterocycles. The van der Waals surface area contributed by atoms with Crippen LogP contribution in [0.25, 0.3) is 0 Å². The Balaban J connectivity index is 2.27. The number of carbonyl (C=O) groups is 2. The lowest BCUT2D eigenvalue weighted by Gasteiger charge is -2.12. The largest absolute Gasteiger partial charge is 0.478 e. The molecule has 0 spiro atoms. The molecule has 1 amide bonds. The molecule has 4 heteroatoms. The molecular weight excluding hydrogens is 206 g/mol. The van der Waals surface area contributed by atoms with E-state index >= 15 is 0 Å². The number of carbonyl (C=O) groups excluding carboxylic acids is 1. The highest BCUT2D eigenvalue weighted by atomic mass is 16.4. The van der Waals surface area contributed by atoms with E-state index in [4.69, 9.17) is 5.11 Å². The van der Waals surface area contributed by atoms with Gasteiger partial charge in [0.2, 0.25) is 5.91 Å². The molecule has 1 saturated heterocycles. The van der Waals surface area contributed by atoms with E-state index in [2.05, 4.69) is 5.32 Å². The highest BCUT2D eigenvalue weighted by Gasteiger charge is 2.32. The van der Waals surface area contributed by atoms with E-state index in [-0.39, 0.29) is 23.3 Å². The summed E-state index contributed by atoms with van der Waals surface area (Å²) in [7, 11) is 0. The zero-order valence-corrected chi connectivity index (χ0v) is 8.93. The highest BCUT2D eigenvalue weighted by molar-refractivity contribution is 5.89. The molecule has 1 aromatic rings. The molecule has 16 heavy (non-hydrogen) atoms. The minimum absolute atomic E-state index is 0.0237. The van der Waals surface area contributed by atoms with Gasteiger partial charge in [0.25, 0.3) is 0 Å². The Morgan fingerprint density at radius 3 is 2.44 bits per heavy atom. The Bertz CT molecular complexity index is 424. The van der Waals surface area contributed by atoms with Crippen molar-refractivity contribution in [1.82, 2.24) is 5.32 Å². The molecule has 1 fully saturated rings. The van der Waals surface area contributed by atoms with Crippen LogP contribution in [0.1, 0.15) is 28.8 Å². The van der Waals surface area contributed by atoms with Crippen LogP contribution >= 0.6 is 0 Å². The number of rotatable bonds is 2. The molecule has 2 rings (SSSR count). The Hall–Kier alpha value is -1.84. The van der Waals surface area contributed by atoms with Gasteiger partial charge >= 0.3 is 5.97 Å². The molecular formula is C12H13NO3. The van der Waals surface area contributed by atoms with Gasteiger partial charge in [0.15, 0.2) is 0 Å². The van der Waals surface area contributed by atoms with E-state index in [1.54, 1.807) is 12.1 Å². The second-order valence-electron chi connectivity index (χ2n) is 4.13. The third-order valence-corrected chi connectivity index (χ3v) is 2.97. The van der Waals surface area contributed by atoms with E-state index in [1.807, 2.05) is 6.92 Å². The SMILES string of the molecule is CC1CNC(=O)[C@H]1c1ccc(C(=O)O)cc1. The number of aromatic carboxylic acids is 1. The molecule has 2 N–H and O–H groups in total. The van der Waals surface area contributed by atoms with Gasteiger partial charge in [-0.1, -0.05) is 19.1 Å². The first-order valence-electron chi connectivity index (χ1n) is 5.20. The van der Waals surface area contributed by atoms with Gasteiger partial charge in [-0.25, -0.2) is 4.79 Å². The summed E-state index contributed by atoms with van der Waals surface area (Å²) < 4.78 is 0. The minimum atomic E-state index is -0.949. The van der Waals surface area contributed by atoms with Crippen LogP contribution in [0.4, 0.5) is 0 Å². The van der Waals surface area contributed by atoms with Gasteiger partial charge in [0, 0.05) is 6.54 Å². The second-order valence-corrected chi connectivity index (χ2v) is 4.13. The fraction of sp³-hybridized carbons (Fsp3) is 0.333. The molecule has 2 atom stereocenters. The number of hydrogen-bond donors (Lipinski definition) is 2. The monoisotopic (exact) mass is 219 g/mol. The van der Waals surface area contributed by atoms with Crippen molar-refractivity contribution in [2.24, 2.45) is 5.92 Å². The van der Waals surface area contributed by atoms with Gasteiger partial charge < -0.3 is 10.4 Å². The van der Waals surface area contributed by atoms with Gasteiger partial charge in [-0.2, -0.15) is 0 Å². The van der Waals surface area contributed by atoms with E-state index in [0.717, 1.165) is 5.56 Å². The van der Waals surface area contributed by atoms with Crippen molar-refractivity contribution in [1.29, 1.82) is 0 Å². The first kappa shape index (κ1) is 10.7. The third kappa shape index (κ3) is 1.78. The molecule has 1 aliphatic rings. The number of carboxylic acids is 1. The molecule has 0 saturated carbocycles. The summed E-state index contributed by atoms with van der Waals surface area (Å²) in [5, 5.41) is 11.6. The predicted octanol–water partition coefficient (Wildman–Crippen LogP) is 1.23. The normalized spacial score (nSPS) is 24.2. The molecule has 4 nitrogen and oxygen atoms in total. The lowest BCUT2D eigenvalue weighted by Crippen LogP contribution is -2.18. The topological polar surface area (TPSA) is 66.4 Å². The Morgan fingerprint density at radius 2 is 2.00 bits per heavy atom. The number of carboxylic acid groups (broad SMARTS) is 1. The minimum Gasteiger partial charge on any atom is -0.478 e. The van der Waals surface area contributed by atoms with Crippen LogP contribution in [-0.4, -0.2) is 23.5 Å². The molecule has 1 aromatic carbocycles. The molecule has 1 heterocycles. The summed E-state index contributed by atoms with van der Waals surface area (Å²) in [6.45, 7) is 2.69. The van der Waals surface area contributed by atoms with Gasteiger partial charge in [-0.05, 0) is 23.6 Å². The fourth-order valence-electron chi connectivity index (χ4n) is 2.06. The zero-order valence-electron chi connectivity index (χ0n) is 8.93. The van der Waals surface area contributed by atoms with Crippen LogP contribution in [0.5, 0.6) is 0 Å². The Morgan fingerprint density at radius 1 is 1.38 bits per heavy atom. The molecule has 0 aliphatic carbocycles. The summed E-state index contributed by atoms with van der Waals surface area (Å²) in [6.07, 6.45) is 0. The van der Waals surface area contributed by atoms with Crippen molar-refractivity contribution in [3.05, 3.63) is 35.4 Å². The molecule has 84 valence electrons. The van der Waals surface area contributed by atoms with Crippen molar-refractivity contribution < 1.29 is 14.7 Å². The molecule has 0 bridgehead atoms. The Labute approximate surface area is 93.3 Å². The van der Waals surface area contributed by atoms with E-state index in [9.17, 15) is 9.59 Å². The van der Waals surface area contributed by atoms with Crippen molar-refractivity contribution in [2.45, 2.75) is 12.8 Å². The summed E-state index contributed by atoms with van der Waals surface area (Å²) in [4.78, 5) is 22.3. The zero-order chi connectivity index (χ0) is 11.7. The third-order valence-electron chi connectivity index (χ3n) is 2.97. The molecule has 1 unspecified atom stereocenters. The van der Waals surface area contributed by atoms with Gasteiger partial charge in [0.1, 0.15) is 0 Å². The summed E-state index contributed by atoms with van der Waals surface area (Å²) in [5.41, 5.74) is 1.13. The van der Waals surface area contributed by atoms with Crippen molar-refractivity contribution >= 4 is 11.9 Å². The maximum atomic E-state index is 11.6. The van der Waals surface area contributed by atoms with Crippen molar-refractivity contribution in [3.63, 3.8) is 0 Å². The Kier molecular flexibility index (Phi) is 2.64. The van der Waals surface area contributed by atoms with Crippen molar-refractivity contribution in [2.75, 3.05) is 6.54 Å². The number of amides is 1. The highest BCUT2D eigenvalue weighted by Crippen LogP contribution is 2.28. The van der Waals surface area contributed by atoms with Crippen LogP contribution in [0.3, 0.4) is 0 Å². The maximum Gasteiger partial charge on any atom is 0.335 e. The van der Waals surface area contributed by atoms with Crippen LogP contribution in [0.2, 0.25) is 0 Å². The first-order chi connectivity index (χ1) is 7.59. The van der Waals surface area contributed by atoms with Crippen LogP contribution < -0.4 is 5.32 Å². The van der Waals surface area contributed by atoms with Crippen LogP contribution in [-0.2, 0) is 4.79 Å². The quantitative estimate of drug-likeness (QED) is 0.786. The average Bonchev–Trinajstić information content (AvgIpc) is 2.59. The summed E-state index contributed by atoms with van der Waals surface area (Å²) in [5.74, 6) is -0.822. The fourth-order valence-corrected chi connectivity index (χ4v) is 2.06. The van der Waals surface area contributed by atoms with E-state index < -0.39 is 5.97 Å². The van der Waals surface area contributed by atoms with E-state index in [0.29, 0.717) is 6.54 Å². The van der Waals surface area contributed by atoms with Gasteiger partial charge in [0.05, 0.1) is 11.5 Å². The summed E-state index contributed by atoms with van der Waals surface area (Å²) >= 11 is 0. The number of hydrogen-bond acceptors (Lipinski definition) is 2. The molecule has 0 aromatic heterocycles. The van der Waals surface area contributed by atoms with Crippen molar-refractivity contribution in [3.8, 4) is 0 Å². The summed E-state index contributed by atoms with van der Waals surface area (Å²) in [6, 6.07) is 6.51. The lowest BCUT2D eigenvalue weighted by molar-refractivity contribution is -0.120. The predicted molar refractivity (Wildman–Crippen MR) is 58.3 cm³/mol. The van der Waals surface area contributed by atoms with E-state index in [1.165, 1.54) is 12.1 Å². The van der Waals surface area contributed by atoms with Crippen LogP contribution in [0.15, 0.2) is 24.3 Å². The number of benzene rings is 1. The van der Waals surface area contributed by atoms with Gasteiger partial charge in [-0.15, -0.1) is 0 Å². The second kappa shape index (κ2) is 3.96. The average molecular weight is 219 g/mol.